The Morgan fingerprint density at radius 2 is 2.25 bits per heavy atom. The summed E-state index contributed by atoms with van der Waals surface area (Å²) in [7, 11) is 0. The van der Waals surface area contributed by atoms with Crippen LogP contribution in [0.4, 0.5) is 8.78 Å². The van der Waals surface area contributed by atoms with Gasteiger partial charge in [-0.05, 0) is 24.6 Å². The predicted octanol–water partition coefficient (Wildman–Crippen LogP) is 2.80. The van der Waals surface area contributed by atoms with Gasteiger partial charge in [0.15, 0.2) is 11.6 Å². The summed E-state index contributed by atoms with van der Waals surface area (Å²) < 4.78 is 26.0. The molecule has 0 radical (unpaired) electrons. The Bertz CT molecular complexity index is 409. The Morgan fingerprint density at radius 3 is 2.94 bits per heavy atom. The molecule has 0 fully saturated rings. The van der Waals surface area contributed by atoms with Crippen LogP contribution in [-0.4, -0.2) is 11.3 Å². The van der Waals surface area contributed by atoms with Gasteiger partial charge in [-0.15, -0.1) is 0 Å². The summed E-state index contributed by atoms with van der Waals surface area (Å²) in [6, 6.07) is 2.99. The average molecular weight is 227 g/mol. The summed E-state index contributed by atoms with van der Waals surface area (Å²) >= 11 is 0. The van der Waals surface area contributed by atoms with Crippen LogP contribution in [-0.2, 0) is 4.84 Å². The highest BCUT2D eigenvalue weighted by molar-refractivity contribution is 5.24. The molecule has 1 unspecified atom stereocenters. The molecule has 3 nitrogen and oxygen atoms in total. The highest BCUT2D eigenvalue weighted by Crippen LogP contribution is 2.22. The minimum Gasteiger partial charge on any atom is -0.351 e. The largest absolute Gasteiger partial charge is 0.351 e. The fourth-order valence-electron chi connectivity index (χ4n) is 1.28. The first-order valence-electron chi connectivity index (χ1n) is 4.96. The summed E-state index contributed by atoms with van der Waals surface area (Å²) in [5, 5.41) is 1.02. The van der Waals surface area contributed by atoms with Crippen LogP contribution in [0, 0.1) is 11.6 Å². The van der Waals surface area contributed by atoms with Crippen molar-refractivity contribution in [3.05, 3.63) is 42.1 Å². The number of hydrogen-bond acceptors (Lipinski definition) is 3. The number of benzene rings is 1. The molecule has 0 spiro atoms. The Hall–Kier alpha value is -1.62. The van der Waals surface area contributed by atoms with E-state index in [2.05, 4.69) is 0 Å². The van der Waals surface area contributed by atoms with E-state index < -0.39 is 11.6 Å². The normalized spacial score (nSPS) is 19.2. The van der Waals surface area contributed by atoms with Gasteiger partial charge >= 0.3 is 0 Å². The van der Waals surface area contributed by atoms with E-state index in [0.717, 1.165) is 29.8 Å². The highest BCUT2D eigenvalue weighted by Gasteiger charge is 2.18. The molecule has 1 aliphatic rings. The molecule has 86 valence electrons. The van der Waals surface area contributed by atoms with Gasteiger partial charge < -0.3 is 4.84 Å². The summed E-state index contributed by atoms with van der Waals surface area (Å²) in [6.45, 7) is 1.95. The van der Waals surface area contributed by atoms with Crippen molar-refractivity contribution < 1.29 is 18.5 Å². The van der Waals surface area contributed by atoms with Crippen LogP contribution < -0.4 is 4.84 Å². The Morgan fingerprint density at radius 1 is 1.44 bits per heavy atom. The molecule has 1 aliphatic heterocycles. The molecule has 2 rings (SSSR count). The lowest BCUT2D eigenvalue weighted by atomic mass is 10.3. The molecule has 1 aromatic carbocycles. The van der Waals surface area contributed by atoms with Crippen LogP contribution in [0.25, 0.3) is 0 Å². The molecule has 0 saturated carbocycles. The molecule has 16 heavy (non-hydrogen) atoms. The van der Waals surface area contributed by atoms with Crippen molar-refractivity contribution in [1.82, 2.24) is 5.23 Å². The van der Waals surface area contributed by atoms with E-state index in [0.29, 0.717) is 0 Å². The highest BCUT2D eigenvalue weighted by atomic mass is 19.1. The molecular formula is C11H11F2NO2. The van der Waals surface area contributed by atoms with Gasteiger partial charge in [0.2, 0.25) is 0 Å². The quantitative estimate of drug-likeness (QED) is 0.792. The van der Waals surface area contributed by atoms with Crippen molar-refractivity contribution in [1.29, 1.82) is 0 Å². The van der Waals surface area contributed by atoms with Gasteiger partial charge in [-0.1, -0.05) is 12.2 Å². The van der Waals surface area contributed by atoms with Crippen LogP contribution in [0.15, 0.2) is 30.5 Å². The fraction of sp³-hybridized carbons (Fsp3) is 0.273. The van der Waals surface area contributed by atoms with Gasteiger partial charge in [0.25, 0.3) is 0 Å². The average Bonchev–Trinajstić information content (AvgIpc) is 2.71. The van der Waals surface area contributed by atoms with E-state index in [-0.39, 0.29) is 11.9 Å². The maximum atomic E-state index is 13.2. The van der Waals surface area contributed by atoms with Crippen LogP contribution >= 0.6 is 0 Å². The molecule has 0 saturated heterocycles. The first kappa shape index (κ1) is 10.9. The zero-order valence-electron chi connectivity index (χ0n) is 8.69. The van der Waals surface area contributed by atoms with Crippen molar-refractivity contribution in [2.24, 2.45) is 0 Å². The number of hydrogen-bond donors (Lipinski definition) is 0. The van der Waals surface area contributed by atoms with Gasteiger partial charge in [-0.3, -0.25) is 0 Å². The van der Waals surface area contributed by atoms with Crippen LogP contribution in [0.2, 0.25) is 0 Å². The first-order chi connectivity index (χ1) is 7.69. The number of nitrogens with zero attached hydrogens (tertiary/aromatic N) is 1. The van der Waals surface area contributed by atoms with Crippen molar-refractivity contribution in [2.45, 2.75) is 19.4 Å². The molecular weight excluding hydrogens is 216 g/mol. The molecule has 1 heterocycles. The second-order valence-corrected chi connectivity index (χ2v) is 3.35. The molecule has 0 aliphatic carbocycles. The number of hydroxylamine groups is 2. The Balaban J connectivity index is 2.05. The summed E-state index contributed by atoms with van der Waals surface area (Å²) in [5.41, 5.74) is 0. The summed E-state index contributed by atoms with van der Waals surface area (Å²) in [5.74, 6) is -1.41. The maximum absolute atomic E-state index is 13.2. The van der Waals surface area contributed by atoms with E-state index >= 15 is 0 Å². The molecule has 0 N–H and O–H groups in total. The van der Waals surface area contributed by atoms with E-state index in [1.165, 1.54) is 6.20 Å². The van der Waals surface area contributed by atoms with Gasteiger partial charge in [0, 0.05) is 6.07 Å². The van der Waals surface area contributed by atoms with E-state index in [9.17, 15) is 8.78 Å². The molecule has 1 atom stereocenters. The van der Waals surface area contributed by atoms with Crippen LogP contribution in [0.5, 0.6) is 5.75 Å². The molecule has 0 bridgehead atoms. The lowest BCUT2D eigenvalue weighted by Gasteiger charge is -2.17. The molecule has 5 heteroatoms. The third-order valence-electron chi connectivity index (χ3n) is 2.15. The lowest BCUT2D eigenvalue weighted by molar-refractivity contribution is -0.285. The first-order valence-corrected chi connectivity index (χ1v) is 4.96. The second-order valence-electron chi connectivity index (χ2n) is 3.35. The van der Waals surface area contributed by atoms with E-state index in [1.807, 2.05) is 6.92 Å². The van der Waals surface area contributed by atoms with Crippen molar-refractivity contribution in [2.75, 3.05) is 0 Å². The van der Waals surface area contributed by atoms with Crippen molar-refractivity contribution >= 4 is 0 Å². The summed E-state index contributed by atoms with van der Waals surface area (Å²) in [4.78, 5) is 10.2. The fourth-order valence-corrected chi connectivity index (χ4v) is 1.28. The Kier molecular flexibility index (Phi) is 3.05. The lowest BCUT2D eigenvalue weighted by Crippen LogP contribution is -2.22. The van der Waals surface area contributed by atoms with Crippen LogP contribution in [0.1, 0.15) is 13.3 Å². The zero-order valence-corrected chi connectivity index (χ0v) is 8.69. The van der Waals surface area contributed by atoms with Crippen molar-refractivity contribution in [3.8, 4) is 5.75 Å². The molecule has 1 aromatic rings. The third-order valence-corrected chi connectivity index (χ3v) is 2.15. The minimum atomic E-state index is -0.640. The van der Waals surface area contributed by atoms with Gasteiger partial charge in [-0.25, -0.2) is 13.6 Å². The molecule has 0 amide bonds. The minimum absolute atomic E-state index is 0.0865. The standard InChI is InChI=1S/C11H11F2NO2/c1-2-9-5-6-14(15-9)16-11-7-8(12)3-4-10(11)13/h3-7,9H,2H2,1H3. The molecule has 0 aromatic heterocycles. The van der Waals surface area contributed by atoms with Crippen LogP contribution in [0.3, 0.4) is 0 Å². The van der Waals surface area contributed by atoms with Gasteiger partial charge in [0.1, 0.15) is 11.9 Å². The maximum Gasteiger partial charge on any atom is 0.196 e. The SMILES string of the molecule is CCC1C=CN(Oc2cc(F)ccc2F)O1. The smallest absolute Gasteiger partial charge is 0.196 e. The Labute approximate surface area is 91.8 Å². The van der Waals surface area contributed by atoms with Gasteiger partial charge in [-0.2, -0.15) is 0 Å². The topological polar surface area (TPSA) is 21.7 Å². The predicted molar refractivity (Wildman–Crippen MR) is 53.1 cm³/mol. The summed E-state index contributed by atoms with van der Waals surface area (Å²) in [6.07, 6.45) is 3.99. The second kappa shape index (κ2) is 4.49. The third kappa shape index (κ3) is 2.30. The van der Waals surface area contributed by atoms with Crippen molar-refractivity contribution in [3.63, 3.8) is 0 Å². The zero-order chi connectivity index (χ0) is 11.5. The van der Waals surface area contributed by atoms with E-state index in [1.54, 1.807) is 6.08 Å². The monoisotopic (exact) mass is 227 g/mol. The van der Waals surface area contributed by atoms with E-state index in [4.69, 9.17) is 9.68 Å². The number of rotatable bonds is 3. The number of halogens is 2. The van der Waals surface area contributed by atoms with Gasteiger partial charge in [0.05, 0.1) is 6.20 Å².